The second-order valence-electron chi connectivity index (χ2n) is 5.00. The highest BCUT2D eigenvalue weighted by molar-refractivity contribution is 7.09. The number of aromatic nitrogens is 2. The van der Waals surface area contributed by atoms with Crippen LogP contribution >= 0.6 is 11.3 Å². The van der Waals surface area contributed by atoms with Crippen LogP contribution in [-0.2, 0) is 18.3 Å². The fourth-order valence-electron chi connectivity index (χ4n) is 2.59. The van der Waals surface area contributed by atoms with Crippen molar-refractivity contribution in [2.45, 2.75) is 19.1 Å². The van der Waals surface area contributed by atoms with Crippen molar-refractivity contribution in [2.75, 3.05) is 13.2 Å². The maximum Gasteiger partial charge on any atom is 0.0896 e. The largest absolute Gasteiger partial charge is 0.373 e. The highest BCUT2D eigenvalue weighted by Crippen LogP contribution is 2.33. The summed E-state index contributed by atoms with van der Waals surface area (Å²) in [5, 5.41) is 9.89. The molecule has 1 aliphatic rings. The van der Waals surface area contributed by atoms with Gasteiger partial charge in [0.05, 0.1) is 12.3 Å². The summed E-state index contributed by atoms with van der Waals surface area (Å²) in [5.41, 5.74) is 1.20. The molecule has 2 atom stereocenters. The molecule has 0 aliphatic carbocycles. The fraction of sp³-hybridized carbons (Fsp3) is 0.500. The first-order valence-corrected chi connectivity index (χ1v) is 7.54. The maximum atomic E-state index is 5.86. The van der Waals surface area contributed by atoms with Crippen LogP contribution in [0.5, 0.6) is 0 Å². The Morgan fingerprint density at radius 2 is 2.53 bits per heavy atom. The van der Waals surface area contributed by atoms with Crippen molar-refractivity contribution in [1.29, 1.82) is 0 Å². The number of hydrogen-bond donors (Lipinski definition) is 1. The molecule has 1 saturated heterocycles. The number of rotatable bonds is 5. The second-order valence-corrected chi connectivity index (χ2v) is 6.03. The SMILES string of the molecule is Cn1cc(C2OCCC2CNCc2cccs2)cn1. The topological polar surface area (TPSA) is 39.1 Å². The molecular weight excluding hydrogens is 258 g/mol. The van der Waals surface area contributed by atoms with Crippen LogP contribution in [-0.4, -0.2) is 22.9 Å². The van der Waals surface area contributed by atoms with E-state index in [4.69, 9.17) is 4.74 Å². The van der Waals surface area contributed by atoms with Crippen molar-refractivity contribution < 1.29 is 4.74 Å². The Kier molecular flexibility index (Phi) is 3.96. The lowest BCUT2D eigenvalue weighted by molar-refractivity contribution is 0.0904. The Morgan fingerprint density at radius 3 is 3.26 bits per heavy atom. The van der Waals surface area contributed by atoms with E-state index in [1.807, 2.05) is 17.9 Å². The van der Waals surface area contributed by atoms with E-state index in [1.54, 1.807) is 11.3 Å². The molecule has 3 heterocycles. The van der Waals surface area contributed by atoms with E-state index in [2.05, 4.69) is 34.1 Å². The molecule has 5 heteroatoms. The number of thiophene rings is 1. The van der Waals surface area contributed by atoms with Gasteiger partial charge in [-0.3, -0.25) is 4.68 Å². The molecule has 0 bridgehead atoms. The zero-order valence-corrected chi connectivity index (χ0v) is 11.9. The van der Waals surface area contributed by atoms with Gasteiger partial charge in [0.15, 0.2) is 0 Å². The summed E-state index contributed by atoms with van der Waals surface area (Å²) < 4.78 is 7.70. The van der Waals surface area contributed by atoms with Gasteiger partial charge in [0.2, 0.25) is 0 Å². The minimum absolute atomic E-state index is 0.199. The van der Waals surface area contributed by atoms with Gasteiger partial charge in [0.25, 0.3) is 0 Å². The summed E-state index contributed by atoms with van der Waals surface area (Å²) >= 11 is 1.80. The van der Waals surface area contributed by atoms with Crippen LogP contribution in [0.3, 0.4) is 0 Å². The molecule has 1 N–H and O–H groups in total. The molecule has 0 saturated carbocycles. The van der Waals surface area contributed by atoms with Crippen LogP contribution in [0.15, 0.2) is 29.9 Å². The summed E-state index contributed by atoms with van der Waals surface area (Å²) in [5.74, 6) is 0.546. The molecule has 2 unspecified atom stereocenters. The lowest BCUT2D eigenvalue weighted by atomic mass is 9.97. The predicted octanol–water partition coefficient (Wildman–Crippen LogP) is 2.35. The third-order valence-corrected chi connectivity index (χ3v) is 4.43. The Balaban J connectivity index is 1.55. The van der Waals surface area contributed by atoms with Crippen LogP contribution in [0.4, 0.5) is 0 Å². The van der Waals surface area contributed by atoms with Crippen molar-refractivity contribution in [3.05, 3.63) is 40.3 Å². The average molecular weight is 277 g/mol. The van der Waals surface area contributed by atoms with E-state index >= 15 is 0 Å². The predicted molar refractivity (Wildman–Crippen MR) is 76.0 cm³/mol. The summed E-state index contributed by atoms with van der Waals surface area (Å²) in [6, 6.07) is 4.26. The van der Waals surface area contributed by atoms with Crippen molar-refractivity contribution in [3.8, 4) is 0 Å². The minimum atomic E-state index is 0.199. The van der Waals surface area contributed by atoms with Crippen molar-refractivity contribution in [3.63, 3.8) is 0 Å². The van der Waals surface area contributed by atoms with Gasteiger partial charge in [-0.15, -0.1) is 11.3 Å². The normalized spacial score (nSPS) is 23.0. The molecule has 19 heavy (non-hydrogen) atoms. The quantitative estimate of drug-likeness (QED) is 0.912. The van der Waals surface area contributed by atoms with Gasteiger partial charge in [-0.1, -0.05) is 6.07 Å². The van der Waals surface area contributed by atoms with E-state index < -0.39 is 0 Å². The third kappa shape index (κ3) is 3.05. The number of nitrogens with one attached hydrogen (secondary N) is 1. The van der Waals surface area contributed by atoms with E-state index in [-0.39, 0.29) is 6.10 Å². The van der Waals surface area contributed by atoms with Crippen LogP contribution in [0.1, 0.15) is 23.0 Å². The summed E-state index contributed by atoms with van der Waals surface area (Å²) in [7, 11) is 1.95. The number of ether oxygens (including phenoxy) is 1. The average Bonchev–Trinajstić information content (AvgIpc) is 3.10. The van der Waals surface area contributed by atoms with Crippen molar-refractivity contribution in [1.82, 2.24) is 15.1 Å². The third-order valence-electron chi connectivity index (χ3n) is 3.55. The van der Waals surface area contributed by atoms with E-state index in [0.717, 1.165) is 26.1 Å². The standard InChI is InChI=1S/C14H19N3OS/c1-17-10-12(8-16-17)14-11(4-5-18-14)7-15-9-13-3-2-6-19-13/h2-3,6,8,10-11,14-15H,4-5,7,9H2,1H3. The first-order chi connectivity index (χ1) is 9.33. The van der Waals surface area contributed by atoms with Crippen molar-refractivity contribution >= 4 is 11.3 Å². The van der Waals surface area contributed by atoms with Crippen LogP contribution in [0.25, 0.3) is 0 Å². The van der Waals surface area contributed by atoms with Crippen LogP contribution < -0.4 is 5.32 Å². The molecule has 2 aromatic heterocycles. The van der Waals surface area contributed by atoms with Gasteiger partial charge in [-0.2, -0.15) is 5.10 Å². The maximum absolute atomic E-state index is 5.86. The molecule has 1 aliphatic heterocycles. The monoisotopic (exact) mass is 277 g/mol. The van der Waals surface area contributed by atoms with Gasteiger partial charge < -0.3 is 10.1 Å². The molecule has 0 spiro atoms. The van der Waals surface area contributed by atoms with Gasteiger partial charge in [0.1, 0.15) is 0 Å². The molecule has 3 rings (SSSR count). The van der Waals surface area contributed by atoms with E-state index in [0.29, 0.717) is 5.92 Å². The van der Waals surface area contributed by atoms with E-state index in [1.165, 1.54) is 10.4 Å². The first kappa shape index (κ1) is 12.8. The minimum Gasteiger partial charge on any atom is -0.373 e. The number of aryl methyl sites for hydroxylation is 1. The van der Waals surface area contributed by atoms with Gasteiger partial charge in [-0.25, -0.2) is 0 Å². The highest BCUT2D eigenvalue weighted by atomic mass is 32.1. The number of nitrogens with zero attached hydrogens (tertiary/aromatic N) is 2. The van der Waals surface area contributed by atoms with E-state index in [9.17, 15) is 0 Å². The molecule has 0 amide bonds. The Hall–Kier alpha value is -1.17. The Morgan fingerprint density at radius 1 is 1.58 bits per heavy atom. The number of hydrogen-bond acceptors (Lipinski definition) is 4. The van der Waals surface area contributed by atoms with Crippen LogP contribution in [0.2, 0.25) is 0 Å². The summed E-state index contributed by atoms with van der Waals surface area (Å²) in [4.78, 5) is 1.39. The van der Waals surface area contributed by atoms with Gasteiger partial charge >= 0.3 is 0 Å². The first-order valence-electron chi connectivity index (χ1n) is 6.66. The van der Waals surface area contributed by atoms with Gasteiger partial charge in [-0.05, 0) is 17.9 Å². The molecule has 102 valence electrons. The molecule has 0 radical (unpaired) electrons. The zero-order valence-electron chi connectivity index (χ0n) is 11.1. The summed E-state index contributed by atoms with van der Waals surface area (Å²) in [6.07, 6.45) is 5.30. The molecule has 0 aromatic carbocycles. The lowest BCUT2D eigenvalue weighted by Crippen LogP contribution is -2.24. The van der Waals surface area contributed by atoms with Crippen molar-refractivity contribution in [2.24, 2.45) is 13.0 Å². The smallest absolute Gasteiger partial charge is 0.0896 e. The second kappa shape index (κ2) is 5.86. The molecule has 2 aromatic rings. The Bertz CT molecular complexity index is 509. The van der Waals surface area contributed by atoms with Gasteiger partial charge in [0, 0.05) is 49.3 Å². The van der Waals surface area contributed by atoms with Crippen LogP contribution in [0, 0.1) is 5.92 Å². The summed E-state index contributed by atoms with van der Waals surface area (Å²) in [6.45, 7) is 2.80. The highest BCUT2D eigenvalue weighted by Gasteiger charge is 2.30. The zero-order chi connectivity index (χ0) is 13.1. The fourth-order valence-corrected chi connectivity index (χ4v) is 3.27. The molecular formula is C14H19N3OS. The molecule has 4 nitrogen and oxygen atoms in total. The lowest BCUT2D eigenvalue weighted by Gasteiger charge is -2.17. The Labute approximate surface area is 117 Å². The molecule has 1 fully saturated rings.